The first-order chi connectivity index (χ1) is 14.8. The Morgan fingerprint density at radius 2 is 1.22 bits per heavy atom. The standard InChI is InChI=1S/C21H16F6N2O3/c1-12(2)29-19(30)18(14-5-9-16(10-6-14)32-21(25,26)27)17(11-28-29)13-3-7-15(8-4-13)31-20(22,23)24/h3-12H,1-2H3. The molecule has 0 N–H and O–H groups in total. The molecule has 3 aromatic rings. The van der Waals surface area contributed by atoms with Gasteiger partial charge in [0, 0.05) is 5.56 Å². The molecule has 1 aromatic heterocycles. The van der Waals surface area contributed by atoms with Crippen LogP contribution in [0.5, 0.6) is 11.5 Å². The molecule has 32 heavy (non-hydrogen) atoms. The first kappa shape index (κ1) is 23.2. The van der Waals surface area contributed by atoms with Gasteiger partial charge in [0.15, 0.2) is 0 Å². The van der Waals surface area contributed by atoms with Gasteiger partial charge in [-0.25, -0.2) is 4.68 Å². The molecule has 2 aromatic carbocycles. The van der Waals surface area contributed by atoms with E-state index < -0.39 is 29.8 Å². The molecular weight excluding hydrogens is 442 g/mol. The number of hydrogen-bond acceptors (Lipinski definition) is 4. The second-order valence-corrected chi connectivity index (χ2v) is 6.92. The summed E-state index contributed by atoms with van der Waals surface area (Å²) in [6.45, 7) is 3.45. The summed E-state index contributed by atoms with van der Waals surface area (Å²) in [4.78, 5) is 13.1. The van der Waals surface area contributed by atoms with E-state index in [2.05, 4.69) is 14.6 Å². The van der Waals surface area contributed by atoms with Crippen molar-refractivity contribution in [2.75, 3.05) is 0 Å². The Kier molecular flexibility index (Phi) is 6.20. The van der Waals surface area contributed by atoms with Crippen LogP contribution in [0.15, 0.2) is 59.5 Å². The smallest absolute Gasteiger partial charge is 0.406 e. The van der Waals surface area contributed by atoms with E-state index in [4.69, 9.17) is 0 Å². The lowest BCUT2D eigenvalue weighted by atomic mass is 9.97. The van der Waals surface area contributed by atoms with Gasteiger partial charge in [-0.2, -0.15) is 5.10 Å². The van der Waals surface area contributed by atoms with Crippen LogP contribution in [0.3, 0.4) is 0 Å². The van der Waals surface area contributed by atoms with Crippen LogP contribution in [0.1, 0.15) is 19.9 Å². The van der Waals surface area contributed by atoms with E-state index in [1.54, 1.807) is 13.8 Å². The van der Waals surface area contributed by atoms with Crippen molar-refractivity contribution in [1.82, 2.24) is 9.78 Å². The van der Waals surface area contributed by atoms with Gasteiger partial charge in [0.25, 0.3) is 5.56 Å². The molecule has 0 aliphatic carbocycles. The summed E-state index contributed by atoms with van der Waals surface area (Å²) < 4.78 is 83.4. The Bertz CT molecular complexity index is 1130. The van der Waals surface area contributed by atoms with E-state index in [9.17, 15) is 31.1 Å². The number of hydrogen-bond donors (Lipinski definition) is 0. The van der Waals surface area contributed by atoms with Gasteiger partial charge in [0.05, 0.1) is 17.8 Å². The average molecular weight is 458 g/mol. The number of halogens is 6. The van der Waals surface area contributed by atoms with Crippen LogP contribution in [0.4, 0.5) is 26.3 Å². The number of rotatable bonds is 5. The molecule has 0 radical (unpaired) electrons. The maximum Gasteiger partial charge on any atom is 0.573 e. The summed E-state index contributed by atoms with van der Waals surface area (Å²) in [5.74, 6) is -0.908. The highest BCUT2D eigenvalue weighted by Gasteiger charge is 2.32. The number of ether oxygens (including phenoxy) is 2. The van der Waals surface area contributed by atoms with Gasteiger partial charge in [-0.3, -0.25) is 4.79 Å². The van der Waals surface area contributed by atoms with Crippen molar-refractivity contribution in [2.45, 2.75) is 32.6 Å². The van der Waals surface area contributed by atoms with E-state index >= 15 is 0 Å². The van der Waals surface area contributed by atoms with Crippen LogP contribution in [-0.2, 0) is 0 Å². The monoisotopic (exact) mass is 458 g/mol. The van der Waals surface area contributed by atoms with Crippen LogP contribution in [0.25, 0.3) is 22.3 Å². The van der Waals surface area contributed by atoms with Crippen LogP contribution < -0.4 is 15.0 Å². The Morgan fingerprint density at radius 3 is 1.62 bits per heavy atom. The van der Waals surface area contributed by atoms with Gasteiger partial charge < -0.3 is 9.47 Å². The van der Waals surface area contributed by atoms with Crippen molar-refractivity contribution in [2.24, 2.45) is 0 Å². The van der Waals surface area contributed by atoms with Crippen molar-refractivity contribution < 1.29 is 35.8 Å². The van der Waals surface area contributed by atoms with Gasteiger partial charge in [0.2, 0.25) is 0 Å². The molecule has 0 aliphatic rings. The fraction of sp³-hybridized carbons (Fsp3) is 0.238. The van der Waals surface area contributed by atoms with Gasteiger partial charge in [-0.05, 0) is 49.2 Å². The van der Waals surface area contributed by atoms with Crippen molar-refractivity contribution in [3.8, 4) is 33.8 Å². The summed E-state index contributed by atoms with van der Waals surface area (Å²) in [7, 11) is 0. The van der Waals surface area contributed by atoms with Crippen LogP contribution in [0, 0.1) is 0 Å². The zero-order chi connectivity index (χ0) is 23.7. The molecule has 0 fully saturated rings. The second kappa shape index (κ2) is 8.56. The molecule has 1 heterocycles. The first-order valence-electron chi connectivity index (χ1n) is 9.18. The molecule has 5 nitrogen and oxygen atoms in total. The third-order valence-corrected chi connectivity index (χ3v) is 4.27. The van der Waals surface area contributed by atoms with Crippen molar-refractivity contribution in [3.63, 3.8) is 0 Å². The lowest BCUT2D eigenvalue weighted by molar-refractivity contribution is -0.275. The van der Waals surface area contributed by atoms with Crippen molar-refractivity contribution >= 4 is 0 Å². The molecule has 0 spiro atoms. The lowest BCUT2D eigenvalue weighted by Gasteiger charge is -2.16. The van der Waals surface area contributed by atoms with Gasteiger partial charge >= 0.3 is 12.7 Å². The molecule has 11 heteroatoms. The molecule has 3 rings (SSSR count). The van der Waals surface area contributed by atoms with Gasteiger partial charge in [-0.15, -0.1) is 26.3 Å². The quantitative estimate of drug-likeness (QED) is 0.443. The number of aromatic nitrogens is 2. The average Bonchev–Trinajstić information content (AvgIpc) is 2.66. The number of nitrogens with zero attached hydrogens (tertiary/aromatic N) is 2. The molecule has 0 bridgehead atoms. The summed E-state index contributed by atoms with van der Waals surface area (Å²) in [6.07, 6.45) is -8.35. The molecule has 0 atom stereocenters. The highest BCUT2D eigenvalue weighted by Crippen LogP contribution is 2.33. The van der Waals surface area contributed by atoms with E-state index in [-0.39, 0.29) is 22.7 Å². The van der Waals surface area contributed by atoms with Crippen LogP contribution >= 0.6 is 0 Å². The fourth-order valence-electron chi connectivity index (χ4n) is 2.99. The van der Waals surface area contributed by atoms with E-state index in [1.807, 2.05) is 0 Å². The Balaban J connectivity index is 2.08. The Labute approximate surface area is 177 Å². The summed E-state index contributed by atoms with van der Waals surface area (Å²) in [5.41, 5.74) is 0.543. The molecule has 0 aliphatic heterocycles. The highest BCUT2D eigenvalue weighted by molar-refractivity contribution is 5.82. The first-order valence-corrected chi connectivity index (χ1v) is 9.18. The summed E-state index contributed by atoms with van der Waals surface area (Å²) in [5, 5.41) is 4.11. The normalized spacial score (nSPS) is 12.2. The van der Waals surface area contributed by atoms with E-state index in [0.717, 1.165) is 24.3 Å². The maximum absolute atomic E-state index is 13.1. The second-order valence-electron chi connectivity index (χ2n) is 6.92. The number of alkyl halides is 6. The van der Waals surface area contributed by atoms with Crippen molar-refractivity contribution in [1.29, 1.82) is 0 Å². The minimum absolute atomic E-state index is 0.122. The topological polar surface area (TPSA) is 53.4 Å². The lowest BCUT2D eigenvalue weighted by Crippen LogP contribution is -2.26. The zero-order valence-corrected chi connectivity index (χ0v) is 16.7. The predicted octanol–water partition coefficient (Wildman–Crippen LogP) is 5.96. The third kappa shape index (κ3) is 5.59. The third-order valence-electron chi connectivity index (χ3n) is 4.27. The maximum atomic E-state index is 13.1. The summed E-state index contributed by atoms with van der Waals surface area (Å²) in [6, 6.07) is 9.19. The van der Waals surface area contributed by atoms with Gasteiger partial charge in [-0.1, -0.05) is 24.3 Å². The van der Waals surface area contributed by atoms with Crippen LogP contribution in [-0.4, -0.2) is 22.5 Å². The van der Waals surface area contributed by atoms with Crippen molar-refractivity contribution in [3.05, 3.63) is 65.1 Å². The fourth-order valence-corrected chi connectivity index (χ4v) is 2.99. The molecular formula is C21H16F6N2O3. The molecule has 0 unspecified atom stereocenters. The van der Waals surface area contributed by atoms with E-state index in [0.29, 0.717) is 5.56 Å². The highest BCUT2D eigenvalue weighted by atomic mass is 19.4. The predicted molar refractivity (Wildman–Crippen MR) is 103 cm³/mol. The molecule has 170 valence electrons. The SMILES string of the molecule is CC(C)n1ncc(-c2ccc(OC(F)(F)F)cc2)c(-c2ccc(OC(F)(F)F)cc2)c1=O. The molecule has 0 amide bonds. The van der Waals surface area contributed by atoms with Crippen LogP contribution in [0.2, 0.25) is 0 Å². The zero-order valence-electron chi connectivity index (χ0n) is 16.7. The van der Waals surface area contributed by atoms with E-state index in [1.165, 1.54) is 35.1 Å². The van der Waals surface area contributed by atoms with Gasteiger partial charge in [0.1, 0.15) is 11.5 Å². The molecule has 0 saturated carbocycles. The number of benzene rings is 2. The molecule has 0 saturated heterocycles. The summed E-state index contributed by atoms with van der Waals surface area (Å²) >= 11 is 0. The Hall–Kier alpha value is -3.50. The Morgan fingerprint density at radius 1 is 0.781 bits per heavy atom. The minimum atomic E-state index is -4.87. The minimum Gasteiger partial charge on any atom is -0.406 e. The largest absolute Gasteiger partial charge is 0.573 e.